The van der Waals surface area contributed by atoms with E-state index < -0.39 is 11.6 Å². The second kappa shape index (κ2) is 11.4. The third-order valence-electron chi connectivity index (χ3n) is 9.58. The molecule has 0 aliphatic carbocycles. The Bertz CT molecular complexity index is 1830. The van der Waals surface area contributed by atoms with Crippen LogP contribution in [0, 0.1) is 5.82 Å². The van der Waals surface area contributed by atoms with Gasteiger partial charge >= 0.3 is 5.97 Å². The van der Waals surface area contributed by atoms with Gasteiger partial charge in [-0.2, -0.15) is 0 Å². The Morgan fingerprint density at radius 2 is 1.96 bits per heavy atom. The van der Waals surface area contributed by atoms with E-state index in [1.807, 2.05) is 30.3 Å². The number of anilines is 1. The SMILES string of the molecule is COC(=O)c1ccc2nc(CN3CCN(c4cccc5c4OC(C)(c4ccc(Cl)cc4F)O5)C4COCC43)n(C[C@@H]3CCO3)c2c1. The Morgan fingerprint density at radius 1 is 1.11 bits per heavy atom. The molecule has 1 aromatic heterocycles. The smallest absolute Gasteiger partial charge is 0.337 e. The summed E-state index contributed by atoms with van der Waals surface area (Å²) in [6.07, 6.45) is 1.11. The van der Waals surface area contributed by atoms with E-state index >= 15 is 0 Å². The maximum absolute atomic E-state index is 15.0. The first-order chi connectivity index (χ1) is 22.3. The number of piperazine rings is 1. The van der Waals surface area contributed by atoms with Gasteiger partial charge < -0.3 is 33.2 Å². The number of esters is 1. The zero-order valence-electron chi connectivity index (χ0n) is 25.6. The quantitative estimate of drug-likeness (QED) is 0.253. The number of fused-ring (bicyclic) bond motifs is 3. The second-order valence-electron chi connectivity index (χ2n) is 12.3. The highest BCUT2D eigenvalue weighted by Crippen LogP contribution is 2.51. The number of aromatic nitrogens is 2. The summed E-state index contributed by atoms with van der Waals surface area (Å²) in [6.45, 7) is 6.38. The van der Waals surface area contributed by atoms with E-state index in [4.69, 9.17) is 40.3 Å². The van der Waals surface area contributed by atoms with Crippen LogP contribution in [0.4, 0.5) is 10.1 Å². The highest BCUT2D eigenvalue weighted by Gasteiger charge is 2.46. The van der Waals surface area contributed by atoms with Gasteiger partial charge in [-0.3, -0.25) is 4.90 Å². The van der Waals surface area contributed by atoms with Crippen LogP contribution in [-0.2, 0) is 33.1 Å². The molecule has 46 heavy (non-hydrogen) atoms. The summed E-state index contributed by atoms with van der Waals surface area (Å²) in [5.74, 6) is -0.133. The van der Waals surface area contributed by atoms with Crippen LogP contribution in [0.15, 0.2) is 54.6 Å². The standard InChI is InChI=1S/C34H34ClFN4O6/c1-34(23-8-7-21(35)15-24(23)36)45-30-5-3-4-26(32(30)46-34)39-12-11-38(28-18-43-19-29(28)39)17-31-37-25-9-6-20(33(41)42-2)14-27(25)40(31)16-22-10-13-44-22/h3-9,14-15,22,28-29H,10-13,16-19H2,1-2H3/t22-,28?,29?,34?/m0/s1. The monoisotopic (exact) mass is 648 g/mol. The van der Waals surface area contributed by atoms with Gasteiger partial charge in [-0.1, -0.05) is 17.7 Å². The van der Waals surface area contributed by atoms with E-state index in [0.717, 1.165) is 48.7 Å². The third-order valence-corrected chi connectivity index (χ3v) is 9.82. The number of methoxy groups -OCH3 is 1. The van der Waals surface area contributed by atoms with Crippen LogP contribution < -0.4 is 14.4 Å². The predicted octanol–water partition coefficient (Wildman–Crippen LogP) is 5.14. The zero-order valence-corrected chi connectivity index (χ0v) is 26.3. The molecule has 8 rings (SSSR count). The molecule has 12 heteroatoms. The molecule has 0 spiro atoms. The van der Waals surface area contributed by atoms with Crippen molar-refractivity contribution in [2.24, 2.45) is 0 Å². The van der Waals surface area contributed by atoms with Gasteiger partial charge in [0, 0.05) is 31.6 Å². The lowest BCUT2D eigenvalue weighted by atomic mass is 10.0. The Labute approximate surface area is 270 Å². The van der Waals surface area contributed by atoms with E-state index in [9.17, 15) is 9.18 Å². The Hall–Kier alpha value is -3.90. The lowest BCUT2D eigenvalue weighted by molar-refractivity contribution is -0.0705. The summed E-state index contributed by atoms with van der Waals surface area (Å²) in [7, 11) is 1.39. The van der Waals surface area contributed by atoms with E-state index in [1.165, 1.54) is 13.2 Å². The highest BCUT2D eigenvalue weighted by molar-refractivity contribution is 6.30. The molecule has 0 bridgehead atoms. The second-order valence-corrected chi connectivity index (χ2v) is 12.8. The molecule has 5 heterocycles. The number of carbonyl (C=O) groups excluding carboxylic acids is 1. The van der Waals surface area contributed by atoms with Gasteiger partial charge in [0.25, 0.3) is 5.79 Å². The average molecular weight is 649 g/mol. The molecule has 3 unspecified atom stereocenters. The van der Waals surface area contributed by atoms with Crippen molar-refractivity contribution in [2.75, 3.05) is 44.9 Å². The molecular formula is C34H34ClFN4O6. The van der Waals surface area contributed by atoms with Crippen molar-refractivity contribution in [1.29, 1.82) is 0 Å². The minimum absolute atomic E-state index is 0.0571. The highest BCUT2D eigenvalue weighted by atomic mass is 35.5. The van der Waals surface area contributed by atoms with Crippen LogP contribution in [0.3, 0.4) is 0 Å². The first kappa shape index (κ1) is 29.5. The molecule has 4 atom stereocenters. The molecule has 4 aliphatic rings. The fourth-order valence-corrected chi connectivity index (χ4v) is 7.26. The van der Waals surface area contributed by atoms with Gasteiger partial charge in [0.05, 0.1) is 79.4 Å². The van der Waals surface area contributed by atoms with Crippen molar-refractivity contribution in [3.05, 3.63) is 82.4 Å². The molecular weight excluding hydrogens is 615 g/mol. The third kappa shape index (κ3) is 4.97. The van der Waals surface area contributed by atoms with Crippen LogP contribution in [0.1, 0.15) is 35.1 Å². The molecule has 0 N–H and O–H groups in total. The van der Waals surface area contributed by atoms with Crippen LogP contribution >= 0.6 is 11.6 Å². The number of hydrogen-bond acceptors (Lipinski definition) is 9. The average Bonchev–Trinajstić information content (AvgIpc) is 3.74. The summed E-state index contributed by atoms with van der Waals surface area (Å²) in [5.41, 5.74) is 3.38. The summed E-state index contributed by atoms with van der Waals surface area (Å²) in [6, 6.07) is 16.0. The first-order valence-electron chi connectivity index (χ1n) is 15.6. The van der Waals surface area contributed by atoms with Crippen molar-refractivity contribution in [1.82, 2.24) is 14.5 Å². The van der Waals surface area contributed by atoms with Crippen molar-refractivity contribution in [3.63, 3.8) is 0 Å². The van der Waals surface area contributed by atoms with Gasteiger partial charge in [-0.05, 0) is 55.0 Å². The van der Waals surface area contributed by atoms with Gasteiger partial charge in [0.15, 0.2) is 11.5 Å². The van der Waals surface area contributed by atoms with E-state index in [2.05, 4.69) is 14.4 Å². The number of hydrogen-bond donors (Lipinski definition) is 0. The van der Waals surface area contributed by atoms with Crippen LogP contribution in [0.25, 0.3) is 11.0 Å². The summed E-state index contributed by atoms with van der Waals surface area (Å²) in [5, 5.41) is 0.309. The lowest BCUT2D eigenvalue weighted by Gasteiger charge is -2.44. The molecule has 240 valence electrons. The van der Waals surface area contributed by atoms with Crippen molar-refractivity contribution >= 4 is 34.3 Å². The largest absolute Gasteiger partial charge is 0.465 e. The Morgan fingerprint density at radius 3 is 2.74 bits per heavy atom. The number of benzene rings is 3. The molecule has 3 saturated heterocycles. The number of carbonyl (C=O) groups is 1. The molecule has 4 aliphatic heterocycles. The Kier molecular flexibility index (Phi) is 7.32. The van der Waals surface area contributed by atoms with Crippen molar-refractivity contribution in [2.45, 2.75) is 50.4 Å². The maximum Gasteiger partial charge on any atom is 0.337 e. The van der Waals surface area contributed by atoms with Crippen molar-refractivity contribution in [3.8, 4) is 11.5 Å². The van der Waals surface area contributed by atoms with Gasteiger partial charge in [0.2, 0.25) is 0 Å². The van der Waals surface area contributed by atoms with E-state index in [-0.39, 0.29) is 29.7 Å². The van der Waals surface area contributed by atoms with Gasteiger partial charge in [-0.15, -0.1) is 0 Å². The van der Waals surface area contributed by atoms with E-state index in [0.29, 0.717) is 48.4 Å². The molecule has 0 radical (unpaired) electrons. The molecule has 3 fully saturated rings. The van der Waals surface area contributed by atoms with Crippen LogP contribution in [-0.4, -0.2) is 78.6 Å². The first-order valence-corrected chi connectivity index (χ1v) is 15.9. The fraction of sp³-hybridized carbons (Fsp3) is 0.412. The van der Waals surface area contributed by atoms with Gasteiger partial charge in [-0.25, -0.2) is 14.2 Å². The number of halogens is 2. The minimum atomic E-state index is -1.34. The summed E-state index contributed by atoms with van der Waals surface area (Å²) in [4.78, 5) is 22.1. The van der Waals surface area contributed by atoms with E-state index in [1.54, 1.807) is 25.1 Å². The summed E-state index contributed by atoms with van der Waals surface area (Å²) >= 11 is 6.01. The topological polar surface area (TPSA) is 87.5 Å². The number of ether oxygens (including phenoxy) is 5. The number of rotatable bonds is 7. The lowest BCUT2D eigenvalue weighted by Crippen LogP contribution is -2.59. The van der Waals surface area contributed by atoms with Crippen LogP contribution in [0.5, 0.6) is 11.5 Å². The number of nitrogens with zero attached hydrogens (tertiary/aromatic N) is 4. The predicted molar refractivity (Wildman–Crippen MR) is 168 cm³/mol. The number of para-hydroxylation sites is 1. The Balaban J connectivity index is 1.07. The number of imidazole rings is 1. The zero-order chi connectivity index (χ0) is 31.6. The molecule has 0 saturated carbocycles. The van der Waals surface area contributed by atoms with Crippen LogP contribution in [0.2, 0.25) is 5.02 Å². The van der Waals surface area contributed by atoms with Crippen molar-refractivity contribution < 1.29 is 32.9 Å². The van der Waals surface area contributed by atoms with Gasteiger partial charge in [0.1, 0.15) is 11.6 Å². The molecule has 4 aromatic rings. The normalized spacial score (nSPS) is 25.5. The summed E-state index contributed by atoms with van der Waals surface area (Å²) < 4.78 is 46.7. The molecule has 10 nitrogen and oxygen atoms in total. The molecule has 0 amide bonds. The fourth-order valence-electron chi connectivity index (χ4n) is 7.10. The minimum Gasteiger partial charge on any atom is -0.465 e. The maximum atomic E-state index is 15.0. The molecule has 3 aromatic carbocycles.